The van der Waals surface area contributed by atoms with Gasteiger partial charge in [-0.15, -0.1) is 0 Å². The molecule has 0 fully saturated rings. The van der Waals surface area contributed by atoms with Crippen molar-refractivity contribution in [3.63, 3.8) is 0 Å². The lowest BCUT2D eigenvalue weighted by molar-refractivity contribution is 0.251. The van der Waals surface area contributed by atoms with Gasteiger partial charge in [0.25, 0.3) is 0 Å². The van der Waals surface area contributed by atoms with Gasteiger partial charge in [0.15, 0.2) is 0 Å². The summed E-state index contributed by atoms with van der Waals surface area (Å²) in [7, 11) is 0. The second-order valence-electron chi connectivity index (χ2n) is 8.93. The van der Waals surface area contributed by atoms with Crippen molar-refractivity contribution >= 4 is 23.3 Å². The molecule has 0 bridgehead atoms. The number of anilines is 1. The summed E-state index contributed by atoms with van der Waals surface area (Å²) in [5.41, 5.74) is 5.54. The molecule has 0 aliphatic heterocycles. The molecule has 1 heterocycles. The van der Waals surface area contributed by atoms with Crippen molar-refractivity contribution in [1.82, 2.24) is 15.1 Å². The Morgan fingerprint density at radius 3 is 2.65 bits per heavy atom. The topological polar surface area (TPSA) is 59.0 Å². The average Bonchev–Trinajstić information content (AvgIpc) is 3.35. The molecule has 1 aliphatic rings. The van der Waals surface area contributed by atoms with Crippen LogP contribution < -0.4 is 10.6 Å². The third-order valence-electron chi connectivity index (χ3n) is 5.49. The van der Waals surface area contributed by atoms with Crippen LogP contribution in [0.15, 0.2) is 42.5 Å². The maximum Gasteiger partial charge on any atom is 0.319 e. The molecule has 0 radical (unpaired) electrons. The van der Waals surface area contributed by atoms with Crippen LogP contribution >= 0.6 is 11.6 Å². The Morgan fingerprint density at radius 2 is 1.90 bits per heavy atom. The van der Waals surface area contributed by atoms with Crippen molar-refractivity contribution in [3.8, 4) is 5.69 Å². The molecule has 1 aromatic heterocycles. The first-order chi connectivity index (χ1) is 14.7. The minimum Gasteiger partial charge on any atom is -0.332 e. The average molecular weight is 441 g/mol. The standard InChI is InChI=1S/C24H26ClFN4O/c1-24(2,3)22-13-19(30(29-22)18-9-10-21(26)20(25)12-18)14-27-23(31)28-17-8-7-15-5-4-6-16(15)11-17/h7-13H,4-6,14H2,1-3H3,(H2,27,28,31). The summed E-state index contributed by atoms with van der Waals surface area (Å²) >= 11 is 5.97. The second-order valence-corrected chi connectivity index (χ2v) is 9.33. The first-order valence-corrected chi connectivity index (χ1v) is 10.8. The van der Waals surface area contributed by atoms with Gasteiger partial charge in [0, 0.05) is 11.1 Å². The largest absolute Gasteiger partial charge is 0.332 e. The number of hydrogen-bond donors (Lipinski definition) is 2. The van der Waals surface area contributed by atoms with Crippen molar-refractivity contribution in [2.75, 3.05) is 5.32 Å². The van der Waals surface area contributed by atoms with E-state index in [1.165, 1.54) is 29.7 Å². The molecule has 31 heavy (non-hydrogen) atoms. The first kappa shape index (κ1) is 21.4. The number of rotatable bonds is 4. The van der Waals surface area contributed by atoms with Gasteiger partial charge in [-0.3, -0.25) is 0 Å². The van der Waals surface area contributed by atoms with Gasteiger partial charge in [0.1, 0.15) is 5.82 Å². The molecule has 7 heteroatoms. The Balaban J connectivity index is 1.52. The fourth-order valence-electron chi connectivity index (χ4n) is 3.75. The van der Waals surface area contributed by atoms with E-state index in [-0.39, 0.29) is 23.0 Å². The lowest BCUT2D eigenvalue weighted by Crippen LogP contribution is -2.29. The van der Waals surface area contributed by atoms with Gasteiger partial charge in [0.2, 0.25) is 0 Å². The van der Waals surface area contributed by atoms with Crippen LogP contribution in [0.1, 0.15) is 49.7 Å². The molecule has 5 nitrogen and oxygen atoms in total. The van der Waals surface area contributed by atoms with E-state index in [9.17, 15) is 9.18 Å². The highest BCUT2D eigenvalue weighted by atomic mass is 35.5. The number of nitrogens with one attached hydrogen (secondary N) is 2. The van der Waals surface area contributed by atoms with Gasteiger partial charge in [-0.05, 0) is 66.8 Å². The molecule has 4 rings (SSSR count). The molecule has 3 aromatic rings. The molecule has 2 aromatic carbocycles. The van der Waals surface area contributed by atoms with E-state index in [2.05, 4.69) is 42.6 Å². The second kappa shape index (κ2) is 8.35. The predicted molar refractivity (Wildman–Crippen MR) is 122 cm³/mol. The fourth-order valence-corrected chi connectivity index (χ4v) is 3.92. The molecule has 0 unspecified atom stereocenters. The summed E-state index contributed by atoms with van der Waals surface area (Å²) in [5.74, 6) is -0.484. The number of fused-ring (bicyclic) bond motifs is 1. The number of urea groups is 1. The zero-order chi connectivity index (χ0) is 22.2. The first-order valence-electron chi connectivity index (χ1n) is 10.4. The van der Waals surface area contributed by atoms with Crippen LogP contribution in [-0.4, -0.2) is 15.8 Å². The number of amides is 2. The monoisotopic (exact) mass is 440 g/mol. The highest BCUT2D eigenvalue weighted by molar-refractivity contribution is 6.30. The maximum absolute atomic E-state index is 13.6. The Hall–Kier alpha value is -2.86. The molecule has 2 N–H and O–H groups in total. The molecule has 1 aliphatic carbocycles. The normalized spacial score (nSPS) is 13.2. The van der Waals surface area contributed by atoms with Crippen molar-refractivity contribution < 1.29 is 9.18 Å². The fraction of sp³-hybridized carbons (Fsp3) is 0.333. The summed E-state index contributed by atoms with van der Waals surface area (Å²) in [4.78, 5) is 12.5. The summed E-state index contributed by atoms with van der Waals surface area (Å²) in [6.45, 7) is 6.45. The maximum atomic E-state index is 13.6. The Morgan fingerprint density at radius 1 is 1.13 bits per heavy atom. The number of aromatic nitrogens is 2. The quantitative estimate of drug-likeness (QED) is 0.540. The van der Waals surface area contributed by atoms with E-state index in [0.717, 1.165) is 29.9 Å². The van der Waals surface area contributed by atoms with E-state index in [1.807, 2.05) is 18.2 Å². The molecule has 0 spiro atoms. The lowest BCUT2D eigenvalue weighted by Gasteiger charge is -2.14. The van der Waals surface area contributed by atoms with Gasteiger partial charge in [0.05, 0.1) is 28.6 Å². The molecule has 2 amide bonds. The minimum atomic E-state index is -0.484. The van der Waals surface area contributed by atoms with E-state index in [4.69, 9.17) is 11.6 Å². The van der Waals surface area contributed by atoms with E-state index in [1.54, 1.807) is 10.7 Å². The van der Waals surface area contributed by atoms with Crippen LogP contribution in [-0.2, 0) is 24.8 Å². The molecule has 0 atom stereocenters. The van der Waals surface area contributed by atoms with E-state index < -0.39 is 5.82 Å². The van der Waals surface area contributed by atoms with E-state index in [0.29, 0.717) is 5.69 Å². The van der Waals surface area contributed by atoms with Crippen LogP contribution in [0.3, 0.4) is 0 Å². The third kappa shape index (κ3) is 4.74. The zero-order valence-corrected chi connectivity index (χ0v) is 18.7. The third-order valence-corrected chi connectivity index (χ3v) is 5.78. The van der Waals surface area contributed by atoms with Crippen LogP contribution in [0.2, 0.25) is 5.02 Å². The highest BCUT2D eigenvalue weighted by Crippen LogP contribution is 2.26. The molecular weight excluding hydrogens is 415 g/mol. The van der Waals surface area contributed by atoms with Crippen LogP contribution in [0.25, 0.3) is 5.69 Å². The van der Waals surface area contributed by atoms with Crippen LogP contribution in [0, 0.1) is 5.82 Å². The van der Waals surface area contributed by atoms with Gasteiger partial charge >= 0.3 is 6.03 Å². The number of benzene rings is 2. The van der Waals surface area contributed by atoms with Crippen molar-refractivity contribution in [2.45, 2.75) is 52.0 Å². The van der Waals surface area contributed by atoms with Crippen LogP contribution in [0.4, 0.5) is 14.9 Å². The number of carbonyl (C=O) groups is 1. The number of aryl methyl sites for hydroxylation is 2. The summed E-state index contributed by atoms with van der Waals surface area (Å²) < 4.78 is 15.3. The zero-order valence-electron chi connectivity index (χ0n) is 17.9. The summed E-state index contributed by atoms with van der Waals surface area (Å²) in [5, 5.41) is 10.5. The Bertz CT molecular complexity index is 1130. The predicted octanol–water partition coefficient (Wildman–Crippen LogP) is 5.77. The minimum absolute atomic E-state index is 0.0265. The Kier molecular flexibility index (Phi) is 5.75. The SMILES string of the molecule is CC(C)(C)c1cc(CNC(=O)Nc2ccc3c(c2)CCC3)n(-c2ccc(F)c(Cl)c2)n1. The smallest absolute Gasteiger partial charge is 0.319 e. The number of hydrogen-bond acceptors (Lipinski definition) is 2. The van der Waals surface area contributed by atoms with Crippen LogP contribution in [0.5, 0.6) is 0 Å². The lowest BCUT2D eigenvalue weighted by atomic mass is 9.92. The van der Waals surface area contributed by atoms with Crippen molar-refractivity contribution in [3.05, 3.63) is 75.8 Å². The number of nitrogens with zero attached hydrogens (tertiary/aromatic N) is 2. The molecule has 0 saturated carbocycles. The molecular formula is C24H26ClFN4O. The Labute approximate surface area is 186 Å². The van der Waals surface area contributed by atoms with Gasteiger partial charge in [-0.1, -0.05) is 38.4 Å². The molecule has 162 valence electrons. The number of halogens is 2. The van der Waals surface area contributed by atoms with Crippen molar-refractivity contribution in [2.24, 2.45) is 0 Å². The van der Waals surface area contributed by atoms with Gasteiger partial charge < -0.3 is 10.6 Å². The summed E-state index contributed by atoms with van der Waals surface area (Å²) in [6.07, 6.45) is 3.33. The molecule has 0 saturated heterocycles. The summed E-state index contributed by atoms with van der Waals surface area (Å²) in [6, 6.07) is 12.2. The van der Waals surface area contributed by atoms with Crippen molar-refractivity contribution in [1.29, 1.82) is 0 Å². The number of carbonyl (C=O) groups excluding carboxylic acids is 1. The highest BCUT2D eigenvalue weighted by Gasteiger charge is 2.21. The van der Waals surface area contributed by atoms with E-state index >= 15 is 0 Å². The van der Waals surface area contributed by atoms with Gasteiger partial charge in [-0.25, -0.2) is 13.9 Å². The van der Waals surface area contributed by atoms with Gasteiger partial charge in [-0.2, -0.15) is 5.10 Å².